The molecule has 7 heteroatoms. The van der Waals surface area contributed by atoms with Gasteiger partial charge in [0, 0.05) is 41.7 Å². The van der Waals surface area contributed by atoms with Gasteiger partial charge in [-0.15, -0.1) is 0 Å². The molecule has 4 rings (SSSR count). The number of aryl methyl sites for hydroxylation is 2. The highest BCUT2D eigenvalue weighted by Crippen LogP contribution is 2.37. The Morgan fingerprint density at radius 2 is 1.94 bits per heavy atom. The van der Waals surface area contributed by atoms with Gasteiger partial charge in [0.1, 0.15) is 0 Å². The zero-order chi connectivity index (χ0) is 25.7. The Bertz CT molecular complexity index is 1240. The lowest BCUT2D eigenvalue weighted by atomic mass is 9.99. The molecule has 1 unspecified atom stereocenters. The molecule has 1 atom stereocenters. The number of morpholine rings is 1. The topological polar surface area (TPSA) is 42.4 Å². The lowest BCUT2D eigenvalue weighted by Crippen LogP contribution is -2.37. The molecule has 1 aliphatic carbocycles. The van der Waals surface area contributed by atoms with E-state index in [1.54, 1.807) is 17.0 Å². The van der Waals surface area contributed by atoms with Crippen LogP contribution in [0.25, 0.3) is 12.2 Å². The Hall–Kier alpha value is -2.93. The van der Waals surface area contributed by atoms with Gasteiger partial charge in [0.2, 0.25) is 0 Å². The third-order valence-corrected chi connectivity index (χ3v) is 6.81. The maximum Gasteiger partial charge on any atom is 0.418 e. The molecule has 0 radical (unpaired) electrons. The number of nitrogens with zero attached hydrogens (tertiary/aromatic N) is 2. The first-order chi connectivity index (χ1) is 17.2. The van der Waals surface area contributed by atoms with Gasteiger partial charge in [-0.3, -0.25) is 9.78 Å². The van der Waals surface area contributed by atoms with E-state index in [9.17, 15) is 18.0 Å². The number of alkyl halides is 3. The molecular formula is C29H33F3N2O2. The summed E-state index contributed by atoms with van der Waals surface area (Å²) in [6, 6.07) is 6.52. The number of benzene rings is 1. The number of carbonyl (C=O) groups excluding carboxylic acids is 1. The van der Waals surface area contributed by atoms with Crippen molar-refractivity contribution >= 4 is 23.6 Å². The average molecular weight is 499 g/mol. The molecule has 192 valence electrons. The normalized spacial score (nSPS) is 20.8. The maximum absolute atomic E-state index is 13.8. The maximum atomic E-state index is 13.8. The van der Waals surface area contributed by atoms with Gasteiger partial charge in [0.25, 0.3) is 0 Å². The summed E-state index contributed by atoms with van der Waals surface area (Å²) >= 11 is 0. The SMILES string of the molecule is Cc1nc2/c(cc1C(=O)CCCCc1ccc(N3CCOCC3)c(C(F)(F)F)c1)=C\C=C/C(C)C/C=2. The Kier molecular flexibility index (Phi) is 8.29. The van der Waals surface area contributed by atoms with Crippen LogP contribution >= 0.6 is 0 Å². The van der Waals surface area contributed by atoms with Crippen molar-refractivity contribution in [1.82, 2.24) is 4.98 Å². The molecular weight excluding hydrogens is 465 g/mol. The zero-order valence-electron chi connectivity index (χ0n) is 20.9. The number of carbonyl (C=O) groups is 1. The fourth-order valence-corrected chi connectivity index (χ4v) is 4.74. The number of ketones is 1. The van der Waals surface area contributed by atoms with Crippen molar-refractivity contribution in [3.63, 3.8) is 0 Å². The van der Waals surface area contributed by atoms with Gasteiger partial charge < -0.3 is 9.64 Å². The highest BCUT2D eigenvalue weighted by molar-refractivity contribution is 5.97. The molecule has 2 aromatic rings. The second-order valence-corrected chi connectivity index (χ2v) is 9.64. The molecule has 1 fully saturated rings. The second-order valence-electron chi connectivity index (χ2n) is 9.64. The predicted molar refractivity (Wildman–Crippen MR) is 136 cm³/mol. The molecule has 0 saturated carbocycles. The molecule has 4 nitrogen and oxygen atoms in total. The van der Waals surface area contributed by atoms with Crippen LogP contribution in [0.1, 0.15) is 59.8 Å². The Balaban J connectivity index is 1.40. The molecule has 0 spiro atoms. The van der Waals surface area contributed by atoms with Crippen LogP contribution in [0.3, 0.4) is 0 Å². The monoisotopic (exact) mass is 498 g/mol. The molecule has 2 heterocycles. The quantitative estimate of drug-likeness (QED) is 0.398. The van der Waals surface area contributed by atoms with Crippen molar-refractivity contribution < 1.29 is 22.7 Å². The Morgan fingerprint density at radius 3 is 2.69 bits per heavy atom. The molecule has 1 aromatic carbocycles. The summed E-state index contributed by atoms with van der Waals surface area (Å²) in [4.78, 5) is 19.3. The first kappa shape index (κ1) is 26.1. The molecule has 0 amide bonds. The van der Waals surface area contributed by atoms with Crippen LogP contribution in [0.5, 0.6) is 0 Å². The summed E-state index contributed by atoms with van der Waals surface area (Å²) in [5.74, 6) is 0.467. The fraction of sp³-hybridized carbons (Fsp3) is 0.448. The molecule has 2 aliphatic rings. The third kappa shape index (κ3) is 6.44. The molecule has 0 bridgehead atoms. The van der Waals surface area contributed by atoms with Crippen molar-refractivity contribution in [2.45, 2.75) is 52.1 Å². The number of hydrogen-bond acceptors (Lipinski definition) is 4. The van der Waals surface area contributed by atoms with Crippen molar-refractivity contribution in [2.24, 2.45) is 5.92 Å². The molecule has 36 heavy (non-hydrogen) atoms. The molecule has 1 saturated heterocycles. The first-order valence-electron chi connectivity index (χ1n) is 12.6. The largest absolute Gasteiger partial charge is 0.418 e. The van der Waals surface area contributed by atoms with E-state index in [0.717, 1.165) is 17.0 Å². The summed E-state index contributed by atoms with van der Waals surface area (Å²) in [5, 5.41) is 1.84. The van der Waals surface area contributed by atoms with Gasteiger partial charge in [-0.25, -0.2) is 0 Å². The minimum atomic E-state index is -4.42. The van der Waals surface area contributed by atoms with E-state index in [-0.39, 0.29) is 11.5 Å². The van der Waals surface area contributed by atoms with Gasteiger partial charge in [-0.2, -0.15) is 13.2 Å². The van der Waals surface area contributed by atoms with E-state index >= 15 is 0 Å². The zero-order valence-corrected chi connectivity index (χ0v) is 20.9. The molecule has 1 aliphatic heterocycles. The van der Waals surface area contributed by atoms with E-state index in [1.807, 2.05) is 25.1 Å². The average Bonchev–Trinajstić information content (AvgIpc) is 2.85. The van der Waals surface area contributed by atoms with E-state index < -0.39 is 11.7 Å². The lowest BCUT2D eigenvalue weighted by Gasteiger charge is -2.31. The Labute approximate surface area is 210 Å². The predicted octanol–water partition coefficient (Wildman–Crippen LogP) is 5.00. The van der Waals surface area contributed by atoms with Crippen LogP contribution in [-0.4, -0.2) is 37.1 Å². The summed E-state index contributed by atoms with van der Waals surface area (Å²) in [6.45, 7) is 5.77. The van der Waals surface area contributed by atoms with Gasteiger partial charge in [0.05, 0.1) is 24.1 Å². The number of anilines is 1. The van der Waals surface area contributed by atoms with Crippen molar-refractivity contribution in [1.29, 1.82) is 0 Å². The van der Waals surface area contributed by atoms with Crippen LogP contribution in [0, 0.1) is 12.8 Å². The van der Waals surface area contributed by atoms with Crippen molar-refractivity contribution in [3.05, 3.63) is 69.4 Å². The van der Waals surface area contributed by atoms with E-state index in [0.29, 0.717) is 74.7 Å². The smallest absolute Gasteiger partial charge is 0.378 e. The lowest BCUT2D eigenvalue weighted by molar-refractivity contribution is -0.137. The summed E-state index contributed by atoms with van der Waals surface area (Å²) < 4.78 is 46.6. The van der Waals surface area contributed by atoms with E-state index in [1.165, 1.54) is 6.07 Å². The van der Waals surface area contributed by atoms with Gasteiger partial charge in [0.15, 0.2) is 5.78 Å². The molecule has 0 N–H and O–H groups in total. The van der Waals surface area contributed by atoms with Crippen LogP contribution in [-0.2, 0) is 17.3 Å². The van der Waals surface area contributed by atoms with E-state index in [4.69, 9.17) is 4.74 Å². The first-order valence-corrected chi connectivity index (χ1v) is 12.6. The summed E-state index contributed by atoms with van der Waals surface area (Å²) in [6.07, 6.45) is 6.82. The number of fused-ring (bicyclic) bond motifs is 1. The standard InChI is InChI=1S/C29H33F3N2O2/c1-20-6-5-8-23-19-24(21(2)33-26(23)12-10-20)28(35)9-4-3-7-22-11-13-27(25(18-22)29(30,31)32)34-14-16-36-17-15-34/h5-6,8,11-13,18-20H,3-4,7,9-10,14-17H2,1-2H3/b6-5-,23-8-,26-12-. The van der Waals surface area contributed by atoms with Gasteiger partial charge >= 0.3 is 6.18 Å². The third-order valence-electron chi connectivity index (χ3n) is 6.81. The molecule has 1 aromatic heterocycles. The van der Waals surface area contributed by atoms with Crippen molar-refractivity contribution in [2.75, 3.05) is 31.2 Å². The number of pyridine rings is 1. The van der Waals surface area contributed by atoms with Gasteiger partial charge in [-0.05, 0) is 62.3 Å². The highest BCUT2D eigenvalue weighted by Gasteiger charge is 2.35. The van der Waals surface area contributed by atoms with Crippen LogP contribution in [0.2, 0.25) is 0 Å². The number of allylic oxidation sites excluding steroid dienone is 2. The van der Waals surface area contributed by atoms with Gasteiger partial charge in [-0.1, -0.05) is 37.3 Å². The van der Waals surface area contributed by atoms with E-state index in [2.05, 4.69) is 24.1 Å². The number of aromatic nitrogens is 1. The van der Waals surface area contributed by atoms with Crippen LogP contribution in [0.4, 0.5) is 18.9 Å². The van der Waals surface area contributed by atoms with Crippen molar-refractivity contribution in [3.8, 4) is 0 Å². The number of hydrogen-bond donors (Lipinski definition) is 0. The number of Topliss-reactive ketones (excluding diaryl/α,β-unsaturated/α-hetero) is 1. The fourth-order valence-electron chi connectivity index (χ4n) is 4.74. The minimum Gasteiger partial charge on any atom is -0.378 e. The number of ether oxygens (including phenoxy) is 1. The number of unbranched alkanes of at least 4 members (excludes halogenated alkanes) is 1. The summed E-state index contributed by atoms with van der Waals surface area (Å²) in [7, 11) is 0. The van der Waals surface area contributed by atoms with Crippen LogP contribution in [0.15, 0.2) is 36.4 Å². The number of halogens is 3. The van der Waals surface area contributed by atoms with Crippen LogP contribution < -0.4 is 15.5 Å². The second kappa shape index (κ2) is 11.4. The highest BCUT2D eigenvalue weighted by atomic mass is 19.4. The minimum absolute atomic E-state index is 0.0225. The number of rotatable bonds is 7. The Morgan fingerprint density at radius 1 is 1.17 bits per heavy atom. The summed E-state index contributed by atoms with van der Waals surface area (Å²) in [5.41, 5.74) is 1.59.